The first-order valence-corrected chi connectivity index (χ1v) is 10.1. The molecule has 0 fully saturated rings. The molecule has 150 valence electrons. The summed E-state index contributed by atoms with van der Waals surface area (Å²) in [6.45, 7) is 0. The van der Waals surface area contributed by atoms with Crippen molar-refractivity contribution in [2.45, 2.75) is 17.7 Å². The second-order valence-electron chi connectivity index (χ2n) is 6.36. The lowest BCUT2D eigenvalue weighted by Crippen LogP contribution is -2.16. The molecule has 2 N–H and O–H groups in total. The number of aromatic carboxylic acids is 1. The zero-order valence-corrected chi connectivity index (χ0v) is 15.9. The molecule has 29 heavy (non-hydrogen) atoms. The summed E-state index contributed by atoms with van der Waals surface area (Å²) in [6.07, 6.45) is 1.06. The molecule has 0 spiro atoms. The van der Waals surface area contributed by atoms with Gasteiger partial charge in [-0.3, -0.25) is 4.72 Å². The SMILES string of the molecule is O=C(O)c1cccc(CCc2cccc(NS(=O)(=O)c3c(F)cccc3F)c2)c1. The second kappa shape index (κ2) is 8.40. The van der Waals surface area contributed by atoms with Crippen LogP contribution in [0.5, 0.6) is 0 Å². The summed E-state index contributed by atoms with van der Waals surface area (Å²) in [4.78, 5) is 10.0. The topological polar surface area (TPSA) is 83.5 Å². The van der Waals surface area contributed by atoms with Crippen molar-refractivity contribution >= 4 is 21.7 Å². The molecule has 0 radical (unpaired) electrons. The standard InChI is InChI=1S/C21H17F2NO4S/c22-18-8-3-9-19(23)20(18)29(27,28)24-17-7-2-5-15(13-17)11-10-14-4-1-6-16(12-14)21(25)26/h1-9,12-13,24H,10-11H2,(H,25,26). The first-order valence-electron chi connectivity index (χ1n) is 8.64. The highest BCUT2D eigenvalue weighted by molar-refractivity contribution is 7.92. The van der Waals surface area contributed by atoms with Crippen molar-refractivity contribution in [1.82, 2.24) is 0 Å². The minimum Gasteiger partial charge on any atom is -0.478 e. The van der Waals surface area contributed by atoms with E-state index in [4.69, 9.17) is 5.11 Å². The molecule has 8 heteroatoms. The van der Waals surface area contributed by atoms with Gasteiger partial charge in [-0.25, -0.2) is 22.0 Å². The number of sulfonamides is 1. The quantitative estimate of drug-likeness (QED) is 0.602. The van der Waals surface area contributed by atoms with Crippen LogP contribution in [0, 0.1) is 11.6 Å². The fraction of sp³-hybridized carbons (Fsp3) is 0.0952. The maximum atomic E-state index is 13.8. The van der Waals surface area contributed by atoms with Crippen molar-refractivity contribution in [3.05, 3.63) is 95.1 Å². The Labute approximate surface area is 166 Å². The van der Waals surface area contributed by atoms with Gasteiger partial charge in [0.05, 0.1) is 5.56 Å². The minimum absolute atomic E-state index is 0.171. The van der Waals surface area contributed by atoms with Crippen LogP contribution in [-0.2, 0) is 22.9 Å². The summed E-state index contributed by atoms with van der Waals surface area (Å²) in [5.74, 6) is -3.36. The molecule has 0 unspecified atom stereocenters. The molecule has 5 nitrogen and oxygen atoms in total. The van der Waals surface area contributed by atoms with Crippen LogP contribution >= 0.6 is 0 Å². The molecule has 0 bridgehead atoms. The fourth-order valence-corrected chi connectivity index (χ4v) is 4.07. The van der Waals surface area contributed by atoms with E-state index in [9.17, 15) is 22.0 Å². The molecule has 0 saturated heterocycles. The van der Waals surface area contributed by atoms with Crippen molar-refractivity contribution in [3.8, 4) is 0 Å². The number of aryl methyl sites for hydroxylation is 2. The van der Waals surface area contributed by atoms with Crippen molar-refractivity contribution in [3.63, 3.8) is 0 Å². The molecule has 0 aliphatic heterocycles. The van der Waals surface area contributed by atoms with Gasteiger partial charge >= 0.3 is 5.97 Å². The summed E-state index contributed by atoms with van der Waals surface area (Å²) in [6, 6.07) is 15.8. The molecule has 0 heterocycles. The molecule has 3 aromatic carbocycles. The summed E-state index contributed by atoms with van der Waals surface area (Å²) in [5, 5.41) is 9.05. The van der Waals surface area contributed by atoms with E-state index in [1.165, 1.54) is 12.1 Å². The molecule has 0 saturated carbocycles. The van der Waals surface area contributed by atoms with E-state index in [2.05, 4.69) is 4.72 Å². The Balaban J connectivity index is 1.76. The molecule has 0 aromatic heterocycles. The molecule has 0 aliphatic carbocycles. The second-order valence-corrected chi connectivity index (χ2v) is 7.98. The number of carbonyl (C=O) groups is 1. The van der Waals surface area contributed by atoms with E-state index in [0.29, 0.717) is 12.8 Å². The van der Waals surface area contributed by atoms with Crippen molar-refractivity contribution < 1.29 is 27.1 Å². The van der Waals surface area contributed by atoms with E-state index in [1.807, 2.05) is 0 Å². The number of carboxylic acids is 1. The zero-order valence-electron chi connectivity index (χ0n) is 15.1. The van der Waals surface area contributed by atoms with Crippen molar-refractivity contribution in [2.24, 2.45) is 0 Å². The lowest BCUT2D eigenvalue weighted by molar-refractivity contribution is 0.0696. The third-order valence-electron chi connectivity index (χ3n) is 4.24. The largest absolute Gasteiger partial charge is 0.478 e. The number of benzene rings is 3. The molecule has 0 aliphatic rings. The first kappa shape index (κ1) is 20.5. The van der Waals surface area contributed by atoms with Gasteiger partial charge in [-0.1, -0.05) is 30.3 Å². The van der Waals surface area contributed by atoms with Gasteiger partial charge < -0.3 is 5.11 Å². The number of hydrogen-bond donors (Lipinski definition) is 2. The van der Waals surface area contributed by atoms with Gasteiger partial charge in [-0.15, -0.1) is 0 Å². The van der Waals surface area contributed by atoms with E-state index >= 15 is 0 Å². The predicted octanol–water partition coefficient (Wildman–Crippen LogP) is 4.25. The average molecular weight is 417 g/mol. The maximum Gasteiger partial charge on any atom is 0.335 e. The van der Waals surface area contributed by atoms with Crippen LogP contribution in [0.15, 0.2) is 71.6 Å². The number of nitrogens with one attached hydrogen (secondary N) is 1. The van der Waals surface area contributed by atoms with Crippen LogP contribution in [0.1, 0.15) is 21.5 Å². The Morgan fingerprint density at radius 2 is 1.41 bits per heavy atom. The summed E-state index contributed by atoms with van der Waals surface area (Å²) < 4.78 is 54.6. The molecule has 0 atom stereocenters. The van der Waals surface area contributed by atoms with Gasteiger partial charge in [0.2, 0.25) is 0 Å². The van der Waals surface area contributed by atoms with E-state index in [-0.39, 0.29) is 11.3 Å². The lowest BCUT2D eigenvalue weighted by Gasteiger charge is -2.11. The van der Waals surface area contributed by atoms with Crippen molar-refractivity contribution in [2.75, 3.05) is 4.72 Å². The summed E-state index contributed by atoms with van der Waals surface area (Å²) in [7, 11) is -4.44. The van der Waals surface area contributed by atoms with Gasteiger partial charge in [0.1, 0.15) is 11.6 Å². The summed E-state index contributed by atoms with van der Waals surface area (Å²) in [5.41, 5.74) is 1.96. The molecular weight excluding hydrogens is 400 g/mol. The van der Waals surface area contributed by atoms with Gasteiger partial charge in [-0.05, 0) is 60.4 Å². The van der Waals surface area contributed by atoms with Gasteiger partial charge in [0, 0.05) is 5.69 Å². The first-order chi connectivity index (χ1) is 13.8. The normalized spacial score (nSPS) is 11.2. The van der Waals surface area contributed by atoms with Gasteiger partial charge in [0.25, 0.3) is 10.0 Å². The zero-order chi connectivity index (χ0) is 21.0. The number of halogens is 2. The van der Waals surface area contributed by atoms with Crippen LogP contribution in [0.4, 0.5) is 14.5 Å². The third kappa shape index (κ3) is 4.97. The van der Waals surface area contributed by atoms with Gasteiger partial charge in [0.15, 0.2) is 4.90 Å². The summed E-state index contributed by atoms with van der Waals surface area (Å²) >= 11 is 0. The van der Waals surface area contributed by atoms with Crippen LogP contribution in [0.3, 0.4) is 0 Å². The molecular formula is C21H17F2NO4S. The Bertz CT molecular complexity index is 1140. The number of hydrogen-bond acceptors (Lipinski definition) is 3. The Kier molecular flexibility index (Phi) is 5.93. The maximum absolute atomic E-state index is 13.8. The van der Waals surface area contributed by atoms with Crippen molar-refractivity contribution in [1.29, 1.82) is 0 Å². The Hall–Kier alpha value is -3.26. The number of rotatable bonds is 7. The predicted molar refractivity (Wildman–Crippen MR) is 104 cm³/mol. The molecule has 3 rings (SSSR count). The average Bonchev–Trinajstić information content (AvgIpc) is 2.66. The van der Waals surface area contributed by atoms with E-state index < -0.39 is 32.5 Å². The molecule has 3 aromatic rings. The van der Waals surface area contributed by atoms with Crippen LogP contribution in [-0.4, -0.2) is 19.5 Å². The van der Waals surface area contributed by atoms with Crippen LogP contribution in [0.25, 0.3) is 0 Å². The highest BCUT2D eigenvalue weighted by Crippen LogP contribution is 2.22. The Morgan fingerprint density at radius 3 is 2.03 bits per heavy atom. The van der Waals surface area contributed by atoms with Gasteiger partial charge in [-0.2, -0.15) is 0 Å². The third-order valence-corrected chi connectivity index (χ3v) is 5.68. The minimum atomic E-state index is -4.44. The van der Waals surface area contributed by atoms with E-state index in [0.717, 1.165) is 29.3 Å². The van der Waals surface area contributed by atoms with Crippen LogP contribution in [0.2, 0.25) is 0 Å². The van der Waals surface area contributed by atoms with Crippen LogP contribution < -0.4 is 4.72 Å². The number of carboxylic acid groups (broad SMARTS) is 1. The highest BCUT2D eigenvalue weighted by Gasteiger charge is 2.23. The Morgan fingerprint density at radius 1 is 0.862 bits per heavy atom. The lowest BCUT2D eigenvalue weighted by atomic mass is 10.0. The smallest absolute Gasteiger partial charge is 0.335 e. The number of anilines is 1. The molecule has 0 amide bonds. The van der Waals surface area contributed by atoms with E-state index in [1.54, 1.807) is 36.4 Å². The fourth-order valence-electron chi connectivity index (χ4n) is 2.88. The highest BCUT2D eigenvalue weighted by atomic mass is 32.2. The monoisotopic (exact) mass is 417 g/mol.